The lowest BCUT2D eigenvalue weighted by Gasteiger charge is -2.61. The van der Waals surface area contributed by atoms with Crippen molar-refractivity contribution in [2.24, 2.45) is 28.9 Å². The molecule has 6 rings (SSSR count). The second-order valence-corrected chi connectivity index (χ2v) is 12.2. The van der Waals surface area contributed by atoms with E-state index in [1.54, 1.807) is 30.3 Å². The third kappa shape index (κ3) is 3.45. The van der Waals surface area contributed by atoms with Gasteiger partial charge >= 0.3 is 5.97 Å². The van der Waals surface area contributed by atoms with E-state index in [1.165, 1.54) is 4.31 Å². The number of carbonyl (C=O) groups is 2. The average Bonchev–Trinajstić information content (AvgIpc) is 2.75. The summed E-state index contributed by atoms with van der Waals surface area (Å²) in [7, 11) is -3.59. The molecular formula is C23H30N2O6S. The van der Waals surface area contributed by atoms with Crippen LogP contribution < -0.4 is 5.73 Å². The molecule has 4 aliphatic carbocycles. The highest BCUT2D eigenvalue weighted by Gasteiger charge is 2.66. The van der Waals surface area contributed by atoms with Crippen molar-refractivity contribution in [3.63, 3.8) is 0 Å². The van der Waals surface area contributed by atoms with Crippen molar-refractivity contribution in [1.82, 2.24) is 4.31 Å². The zero-order chi connectivity index (χ0) is 22.7. The number of aliphatic hydroxyl groups is 1. The molecule has 1 amide bonds. The number of ether oxygens (including phenoxy) is 1. The van der Waals surface area contributed by atoms with Crippen LogP contribution in [0.5, 0.6) is 0 Å². The van der Waals surface area contributed by atoms with E-state index in [-0.39, 0.29) is 42.2 Å². The number of hydrogen-bond donors (Lipinski definition) is 2. The Hall–Kier alpha value is -1.97. The van der Waals surface area contributed by atoms with Gasteiger partial charge in [-0.05, 0) is 63.0 Å². The van der Waals surface area contributed by atoms with Crippen LogP contribution in [0.1, 0.15) is 44.9 Å². The van der Waals surface area contributed by atoms with Gasteiger partial charge in [0.2, 0.25) is 15.9 Å². The molecule has 1 aromatic carbocycles. The van der Waals surface area contributed by atoms with Gasteiger partial charge in [0.05, 0.1) is 21.8 Å². The molecule has 4 saturated carbocycles. The number of sulfonamides is 1. The van der Waals surface area contributed by atoms with E-state index in [0.717, 1.165) is 6.42 Å². The minimum atomic E-state index is -3.59. The van der Waals surface area contributed by atoms with Gasteiger partial charge in [-0.2, -0.15) is 4.31 Å². The smallest absolute Gasteiger partial charge is 0.309 e. The number of primary amides is 1. The number of nitrogens with zero attached hydrogens (tertiary/aromatic N) is 1. The minimum absolute atomic E-state index is 0.0590. The summed E-state index contributed by atoms with van der Waals surface area (Å²) in [5.74, 6) is -1.11. The minimum Gasteiger partial charge on any atom is -0.461 e. The fourth-order valence-electron chi connectivity index (χ4n) is 6.91. The summed E-state index contributed by atoms with van der Waals surface area (Å²) < 4.78 is 33.0. The average molecular weight is 463 g/mol. The second kappa shape index (κ2) is 7.53. The molecular weight excluding hydrogens is 432 g/mol. The van der Waals surface area contributed by atoms with Crippen LogP contribution in [0.25, 0.3) is 0 Å². The van der Waals surface area contributed by atoms with E-state index in [0.29, 0.717) is 32.1 Å². The molecule has 5 aliphatic rings. The van der Waals surface area contributed by atoms with E-state index in [9.17, 15) is 23.1 Å². The molecule has 1 aliphatic heterocycles. The molecule has 5 unspecified atom stereocenters. The molecule has 5 atom stereocenters. The van der Waals surface area contributed by atoms with Crippen molar-refractivity contribution in [1.29, 1.82) is 0 Å². The number of carbonyl (C=O) groups excluding carboxylic acids is 2. The van der Waals surface area contributed by atoms with E-state index in [1.807, 2.05) is 0 Å². The number of rotatable bonds is 5. The molecule has 0 spiro atoms. The Morgan fingerprint density at radius 2 is 1.78 bits per heavy atom. The summed E-state index contributed by atoms with van der Waals surface area (Å²) >= 11 is 0. The SMILES string of the molecule is NC(=O)C12CC3CC(CC(O)(C3)C1)C2OC(=O)C1CCN(S(=O)(=O)c2ccccc2)CC1. The Kier molecular flexibility index (Phi) is 5.14. The van der Waals surface area contributed by atoms with Crippen LogP contribution in [0.15, 0.2) is 35.2 Å². The van der Waals surface area contributed by atoms with E-state index in [2.05, 4.69) is 0 Å². The summed E-state index contributed by atoms with van der Waals surface area (Å²) in [6.45, 7) is 0.488. The fraction of sp³-hybridized carbons (Fsp3) is 0.652. The van der Waals surface area contributed by atoms with Crippen molar-refractivity contribution in [3.8, 4) is 0 Å². The number of hydrogen-bond acceptors (Lipinski definition) is 6. The molecule has 1 heterocycles. The highest BCUT2D eigenvalue weighted by molar-refractivity contribution is 7.89. The van der Waals surface area contributed by atoms with Crippen LogP contribution in [0.3, 0.4) is 0 Å². The molecule has 174 valence electrons. The lowest BCUT2D eigenvalue weighted by atomic mass is 9.46. The van der Waals surface area contributed by atoms with Gasteiger partial charge in [-0.1, -0.05) is 18.2 Å². The van der Waals surface area contributed by atoms with Gasteiger partial charge in [-0.15, -0.1) is 0 Å². The summed E-state index contributed by atoms with van der Waals surface area (Å²) in [6, 6.07) is 8.28. The van der Waals surface area contributed by atoms with Gasteiger partial charge in [-0.25, -0.2) is 8.42 Å². The maximum atomic E-state index is 13.1. The summed E-state index contributed by atoms with van der Waals surface area (Å²) in [6.07, 6.45) is 3.02. The normalized spacial score (nSPS) is 37.3. The van der Waals surface area contributed by atoms with Gasteiger partial charge in [0, 0.05) is 19.0 Å². The molecule has 5 fully saturated rings. The molecule has 4 bridgehead atoms. The quantitative estimate of drug-likeness (QED) is 0.637. The lowest BCUT2D eigenvalue weighted by molar-refractivity contribution is -0.230. The van der Waals surface area contributed by atoms with Crippen LogP contribution in [-0.4, -0.2) is 54.5 Å². The zero-order valence-corrected chi connectivity index (χ0v) is 18.8. The predicted octanol–water partition coefficient (Wildman–Crippen LogP) is 1.43. The topological polar surface area (TPSA) is 127 Å². The summed E-state index contributed by atoms with van der Waals surface area (Å²) in [5, 5.41) is 10.9. The number of amides is 1. The van der Waals surface area contributed by atoms with Gasteiger partial charge in [0.15, 0.2) is 0 Å². The Morgan fingerprint density at radius 3 is 2.41 bits per heavy atom. The summed E-state index contributed by atoms with van der Waals surface area (Å²) in [4.78, 5) is 25.8. The van der Waals surface area contributed by atoms with Crippen molar-refractivity contribution in [3.05, 3.63) is 30.3 Å². The third-order valence-electron chi connectivity index (χ3n) is 8.12. The van der Waals surface area contributed by atoms with Crippen LogP contribution in [0, 0.1) is 23.2 Å². The van der Waals surface area contributed by atoms with Gasteiger partial charge in [0.1, 0.15) is 6.10 Å². The number of piperidine rings is 1. The van der Waals surface area contributed by atoms with Crippen LogP contribution in [0.2, 0.25) is 0 Å². The summed E-state index contributed by atoms with van der Waals surface area (Å²) in [5.41, 5.74) is 3.92. The molecule has 8 nitrogen and oxygen atoms in total. The molecule has 32 heavy (non-hydrogen) atoms. The first kappa shape index (κ1) is 21.9. The number of benzene rings is 1. The number of nitrogens with two attached hydrogens (primary N) is 1. The largest absolute Gasteiger partial charge is 0.461 e. The monoisotopic (exact) mass is 462 g/mol. The highest BCUT2D eigenvalue weighted by Crippen LogP contribution is 2.62. The second-order valence-electron chi connectivity index (χ2n) is 10.2. The van der Waals surface area contributed by atoms with Crippen molar-refractivity contribution >= 4 is 21.9 Å². The fourth-order valence-corrected chi connectivity index (χ4v) is 8.40. The Labute approximate surface area is 188 Å². The lowest BCUT2D eigenvalue weighted by Crippen LogP contribution is -2.67. The van der Waals surface area contributed by atoms with Gasteiger partial charge in [0.25, 0.3) is 0 Å². The van der Waals surface area contributed by atoms with Gasteiger partial charge < -0.3 is 15.6 Å². The first-order valence-corrected chi connectivity index (χ1v) is 12.8. The van der Waals surface area contributed by atoms with Crippen molar-refractivity contribution in [2.45, 2.75) is 61.5 Å². The molecule has 3 N–H and O–H groups in total. The van der Waals surface area contributed by atoms with Crippen molar-refractivity contribution in [2.75, 3.05) is 13.1 Å². The van der Waals surface area contributed by atoms with Crippen LogP contribution in [-0.2, 0) is 24.3 Å². The first-order chi connectivity index (χ1) is 15.1. The highest BCUT2D eigenvalue weighted by atomic mass is 32.2. The third-order valence-corrected chi connectivity index (χ3v) is 10.0. The number of esters is 1. The first-order valence-electron chi connectivity index (χ1n) is 11.4. The standard InChI is InChI=1S/C23H30N2O6S/c24-21(27)23-12-15-10-17(13-22(28,11-15)14-23)19(23)31-20(26)16-6-8-25(9-7-16)32(29,30)18-4-2-1-3-5-18/h1-5,15-17,19,28H,6-14H2,(H2,24,27). The van der Waals surface area contributed by atoms with Crippen molar-refractivity contribution < 1.29 is 27.9 Å². The molecule has 1 saturated heterocycles. The molecule has 0 radical (unpaired) electrons. The van der Waals surface area contributed by atoms with E-state index < -0.39 is 39.0 Å². The van der Waals surface area contributed by atoms with Crippen LogP contribution in [0.4, 0.5) is 0 Å². The maximum Gasteiger partial charge on any atom is 0.309 e. The Balaban J connectivity index is 1.26. The van der Waals surface area contributed by atoms with E-state index >= 15 is 0 Å². The maximum absolute atomic E-state index is 13.1. The van der Waals surface area contributed by atoms with Gasteiger partial charge in [-0.3, -0.25) is 9.59 Å². The Morgan fingerprint density at radius 1 is 1.09 bits per heavy atom. The molecule has 1 aromatic rings. The van der Waals surface area contributed by atoms with E-state index in [4.69, 9.17) is 10.5 Å². The molecule has 9 heteroatoms. The predicted molar refractivity (Wildman–Crippen MR) is 114 cm³/mol. The van der Waals surface area contributed by atoms with Crippen LogP contribution >= 0.6 is 0 Å². The Bertz CT molecular complexity index is 1020. The zero-order valence-electron chi connectivity index (χ0n) is 18.0. The molecule has 0 aromatic heterocycles.